The van der Waals surface area contributed by atoms with Crippen LogP contribution in [0.4, 0.5) is 13.2 Å². The van der Waals surface area contributed by atoms with Crippen LogP contribution in [0.1, 0.15) is 5.56 Å². The fourth-order valence-corrected chi connectivity index (χ4v) is 1.84. The lowest BCUT2D eigenvalue weighted by atomic mass is 10.1. The molecule has 0 bridgehead atoms. The first-order chi connectivity index (χ1) is 9.90. The highest BCUT2D eigenvalue weighted by atomic mass is 19.4. The van der Waals surface area contributed by atoms with Gasteiger partial charge in [0.25, 0.3) is 0 Å². The van der Waals surface area contributed by atoms with E-state index >= 15 is 0 Å². The zero-order valence-electron chi connectivity index (χ0n) is 11.7. The lowest BCUT2D eigenvalue weighted by Crippen LogP contribution is -2.43. The molecule has 1 aromatic carbocycles. The molecular formula is C14H20F3N3O. The van der Waals surface area contributed by atoms with Crippen LogP contribution in [0.3, 0.4) is 0 Å². The highest BCUT2D eigenvalue weighted by molar-refractivity contribution is 5.78. The molecule has 0 aliphatic rings. The number of nitrogens with one attached hydrogen (secondary N) is 1. The van der Waals surface area contributed by atoms with Gasteiger partial charge in [0.05, 0.1) is 6.54 Å². The summed E-state index contributed by atoms with van der Waals surface area (Å²) in [4.78, 5) is 13.2. The summed E-state index contributed by atoms with van der Waals surface area (Å²) < 4.78 is 36.1. The van der Waals surface area contributed by atoms with Gasteiger partial charge < -0.3 is 11.1 Å². The molecule has 0 atom stereocenters. The minimum atomic E-state index is -4.39. The standard InChI is InChI=1S/C14H20F3N3O/c15-14(16,17)11-19-13(21)10-20(9-7-18)8-6-12-4-2-1-3-5-12/h1-5H,6-11,18H2,(H,19,21). The highest BCUT2D eigenvalue weighted by Gasteiger charge is 2.27. The predicted octanol–water partition coefficient (Wildman–Crippen LogP) is 1.17. The van der Waals surface area contributed by atoms with Crippen LogP contribution in [0.25, 0.3) is 0 Å². The van der Waals surface area contributed by atoms with E-state index in [1.165, 1.54) is 0 Å². The molecule has 0 fully saturated rings. The molecule has 0 unspecified atom stereocenters. The molecule has 1 aromatic rings. The van der Waals surface area contributed by atoms with Crippen molar-refractivity contribution in [2.24, 2.45) is 5.73 Å². The molecule has 0 saturated heterocycles. The van der Waals surface area contributed by atoms with Gasteiger partial charge >= 0.3 is 6.18 Å². The van der Waals surface area contributed by atoms with E-state index in [4.69, 9.17) is 5.73 Å². The SMILES string of the molecule is NCCN(CCc1ccccc1)CC(=O)NCC(F)(F)F. The van der Waals surface area contributed by atoms with E-state index in [2.05, 4.69) is 0 Å². The molecule has 0 aliphatic heterocycles. The Hall–Kier alpha value is -1.60. The minimum absolute atomic E-state index is 0.0832. The lowest BCUT2D eigenvalue weighted by molar-refractivity contribution is -0.139. The largest absolute Gasteiger partial charge is 0.405 e. The van der Waals surface area contributed by atoms with Gasteiger partial charge in [-0.3, -0.25) is 9.69 Å². The topological polar surface area (TPSA) is 58.4 Å². The second-order valence-electron chi connectivity index (χ2n) is 4.69. The Labute approximate surface area is 122 Å². The number of hydrogen-bond donors (Lipinski definition) is 2. The van der Waals surface area contributed by atoms with Crippen LogP contribution in [-0.4, -0.2) is 49.7 Å². The van der Waals surface area contributed by atoms with Crippen molar-refractivity contribution in [3.8, 4) is 0 Å². The maximum atomic E-state index is 12.0. The van der Waals surface area contributed by atoms with Gasteiger partial charge in [0.2, 0.25) is 5.91 Å². The first kappa shape index (κ1) is 17.5. The minimum Gasteiger partial charge on any atom is -0.346 e. The van der Waals surface area contributed by atoms with E-state index in [1.54, 1.807) is 4.90 Å². The van der Waals surface area contributed by atoms with Gasteiger partial charge in [0.1, 0.15) is 6.54 Å². The molecule has 0 aliphatic carbocycles. The van der Waals surface area contributed by atoms with Gasteiger partial charge in [-0.15, -0.1) is 0 Å². The van der Waals surface area contributed by atoms with Gasteiger partial charge in [0, 0.05) is 19.6 Å². The summed E-state index contributed by atoms with van der Waals surface area (Å²) in [5.74, 6) is -0.645. The normalized spacial score (nSPS) is 11.7. The van der Waals surface area contributed by atoms with E-state index in [9.17, 15) is 18.0 Å². The van der Waals surface area contributed by atoms with Crippen LogP contribution < -0.4 is 11.1 Å². The number of amides is 1. The van der Waals surface area contributed by atoms with Crippen molar-refractivity contribution >= 4 is 5.91 Å². The van der Waals surface area contributed by atoms with Crippen LogP contribution >= 0.6 is 0 Å². The number of halogens is 3. The van der Waals surface area contributed by atoms with Crippen LogP contribution in [0, 0.1) is 0 Å². The summed E-state index contributed by atoms with van der Waals surface area (Å²) in [5.41, 5.74) is 6.57. The lowest BCUT2D eigenvalue weighted by Gasteiger charge is -2.21. The van der Waals surface area contributed by atoms with Gasteiger partial charge in [0.15, 0.2) is 0 Å². The molecule has 1 rings (SSSR count). The second-order valence-corrected chi connectivity index (χ2v) is 4.69. The summed E-state index contributed by atoms with van der Waals surface area (Å²) in [6.07, 6.45) is -3.67. The molecule has 4 nitrogen and oxygen atoms in total. The van der Waals surface area contributed by atoms with Crippen molar-refractivity contribution in [1.82, 2.24) is 10.2 Å². The predicted molar refractivity (Wildman–Crippen MR) is 74.7 cm³/mol. The van der Waals surface area contributed by atoms with Gasteiger partial charge in [-0.25, -0.2) is 0 Å². The third kappa shape index (κ3) is 8.31. The van der Waals surface area contributed by atoms with Gasteiger partial charge in [-0.2, -0.15) is 13.2 Å². The molecule has 118 valence electrons. The highest BCUT2D eigenvalue weighted by Crippen LogP contribution is 2.12. The van der Waals surface area contributed by atoms with Crippen molar-refractivity contribution in [1.29, 1.82) is 0 Å². The molecule has 0 spiro atoms. The van der Waals surface area contributed by atoms with Crippen LogP contribution in [0.2, 0.25) is 0 Å². The maximum absolute atomic E-state index is 12.0. The first-order valence-electron chi connectivity index (χ1n) is 6.70. The number of rotatable bonds is 8. The number of carbonyl (C=O) groups is 1. The quantitative estimate of drug-likeness (QED) is 0.758. The molecule has 3 N–H and O–H groups in total. The smallest absolute Gasteiger partial charge is 0.346 e. The van der Waals surface area contributed by atoms with Crippen molar-refractivity contribution in [3.05, 3.63) is 35.9 Å². The number of nitrogens with zero attached hydrogens (tertiary/aromatic N) is 1. The van der Waals surface area contributed by atoms with Crippen molar-refractivity contribution in [2.45, 2.75) is 12.6 Å². The van der Waals surface area contributed by atoms with Crippen molar-refractivity contribution in [3.63, 3.8) is 0 Å². The van der Waals surface area contributed by atoms with Crippen LogP contribution in [0.15, 0.2) is 30.3 Å². The Morgan fingerprint density at radius 1 is 1.19 bits per heavy atom. The summed E-state index contributed by atoms with van der Waals surface area (Å²) in [6, 6.07) is 9.66. The number of nitrogens with two attached hydrogens (primary N) is 1. The molecule has 0 heterocycles. The Morgan fingerprint density at radius 2 is 1.86 bits per heavy atom. The molecule has 21 heavy (non-hydrogen) atoms. The molecule has 0 aromatic heterocycles. The Kier molecular flexibility index (Phi) is 7.18. The summed E-state index contributed by atoms with van der Waals surface area (Å²) in [7, 11) is 0. The third-order valence-corrected chi connectivity index (χ3v) is 2.86. The average Bonchev–Trinajstić information content (AvgIpc) is 2.43. The van der Waals surface area contributed by atoms with E-state index in [0.29, 0.717) is 26.1 Å². The Bertz CT molecular complexity index is 423. The van der Waals surface area contributed by atoms with Crippen molar-refractivity contribution in [2.75, 3.05) is 32.7 Å². The maximum Gasteiger partial charge on any atom is 0.405 e. The van der Waals surface area contributed by atoms with Crippen LogP contribution in [0.5, 0.6) is 0 Å². The van der Waals surface area contributed by atoms with Gasteiger partial charge in [-0.05, 0) is 12.0 Å². The fourth-order valence-electron chi connectivity index (χ4n) is 1.84. The molecular weight excluding hydrogens is 283 g/mol. The average molecular weight is 303 g/mol. The van der Waals surface area contributed by atoms with Crippen molar-refractivity contribution < 1.29 is 18.0 Å². The van der Waals surface area contributed by atoms with E-state index in [-0.39, 0.29) is 6.54 Å². The fraction of sp³-hybridized carbons (Fsp3) is 0.500. The molecule has 0 saturated carbocycles. The number of benzene rings is 1. The van der Waals surface area contributed by atoms with Crippen LogP contribution in [-0.2, 0) is 11.2 Å². The third-order valence-electron chi connectivity index (χ3n) is 2.86. The summed E-state index contributed by atoms with van der Waals surface area (Å²) in [5, 5.41) is 1.86. The Balaban J connectivity index is 2.40. The molecule has 0 radical (unpaired) electrons. The second kappa shape index (κ2) is 8.63. The van der Waals surface area contributed by atoms with E-state index in [1.807, 2.05) is 35.6 Å². The van der Waals surface area contributed by atoms with E-state index < -0.39 is 18.6 Å². The zero-order valence-corrected chi connectivity index (χ0v) is 11.7. The molecule has 1 amide bonds. The monoisotopic (exact) mass is 303 g/mol. The van der Waals surface area contributed by atoms with E-state index in [0.717, 1.165) is 5.56 Å². The number of carbonyl (C=O) groups excluding carboxylic acids is 1. The van der Waals surface area contributed by atoms with Gasteiger partial charge in [-0.1, -0.05) is 30.3 Å². The zero-order chi connectivity index (χ0) is 15.7. The number of hydrogen-bond acceptors (Lipinski definition) is 3. The summed E-state index contributed by atoms with van der Waals surface area (Å²) in [6.45, 7) is -0.00460. The summed E-state index contributed by atoms with van der Waals surface area (Å²) >= 11 is 0. The Morgan fingerprint density at radius 3 is 2.43 bits per heavy atom. The molecule has 7 heteroatoms. The number of alkyl halides is 3. The first-order valence-corrected chi connectivity index (χ1v) is 6.70.